The zero-order valence-electron chi connectivity index (χ0n) is 9.57. The van der Waals surface area contributed by atoms with Gasteiger partial charge in [0.25, 0.3) is 0 Å². The highest BCUT2D eigenvalue weighted by molar-refractivity contribution is 5.74. The molecule has 3 nitrogen and oxygen atoms in total. The molecular weight excluding hydrogens is 210 g/mol. The number of nitrogens with one attached hydrogen (secondary N) is 2. The fourth-order valence-electron chi connectivity index (χ4n) is 1.59. The lowest BCUT2D eigenvalue weighted by Crippen LogP contribution is -1.96. The SMILES string of the molecule is CNc1ccccc1Nc1ccc(C#N)cc1. The molecule has 0 bridgehead atoms. The minimum Gasteiger partial charge on any atom is -0.386 e. The van der Waals surface area contributed by atoms with Crippen LogP contribution in [-0.2, 0) is 0 Å². The molecule has 0 fully saturated rings. The Kier molecular flexibility index (Phi) is 3.27. The van der Waals surface area contributed by atoms with E-state index >= 15 is 0 Å². The van der Waals surface area contributed by atoms with Crippen molar-refractivity contribution in [1.82, 2.24) is 0 Å². The van der Waals surface area contributed by atoms with Crippen molar-refractivity contribution >= 4 is 17.1 Å². The van der Waals surface area contributed by atoms with Gasteiger partial charge < -0.3 is 10.6 Å². The number of nitriles is 1. The molecule has 2 rings (SSSR count). The van der Waals surface area contributed by atoms with Gasteiger partial charge in [0.15, 0.2) is 0 Å². The van der Waals surface area contributed by atoms with Crippen LogP contribution < -0.4 is 10.6 Å². The first-order valence-corrected chi connectivity index (χ1v) is 5.37. The van der Waals surface area contributed by atoms with Crippen LogP contribution in [0.3, 0.4) is 0 Å². The minimum atomic E-state index is 0.664. The average molecular weight is 223 g/mol. The molecule has 2 aromatic rings. The summed E-state index contributed by atoms with van der Waals surface area (Å²) in [6, 6.07) is 17.5. The van der Waals surface area contributed by atoms with Crippen molar-refractivity contribution in [2.24, 2.45) is 0 Å². The zero-order valence-corrected chi connectivity index (χ0v) is 9.57. The van der Waals surface area contributed by atoms with Gasteiger partial charge in [0.2, 0.25) is 0 Å². The molecule has 0 aromatic heterocycles. The lowest BCUT2D eigenvalue weighted by Gasteiger charge is -2.11. The van der Waals surface area contributed by atoms with Gasteiger partial charge in [-0.25, -0.2) is 0 Å². The second-order valence-corrected chi connectivity index (χ2v) is 3.61. The molecule has 0 saturated carbocycles. The maximum absolute atomic E-state index is 8.72. The highest BCUT2D eigenvalue weighted by Crippen LogP contribution is 2.24. The number of benzene rings is 2. The highest BCUT2D eigenvalue weighted by atomic mass is 14.9. The van der Waals surface area contributed by atoms with Gasteiger partial charge in [-0.2, -0.15) is 5.26 Å². The molecule has 2 N–H and O–H groups in total. The smallest absolute Gasteiger partial charge is 0.0991 e. The molecule has 0 aliphatic carbocycles. The van der Waals surface area contributed by atoms with Crippen LogP contribution in [0.2, 0.25) is 0 Å². The van der Waals surface area contributed by atoms with E-state index in [0.29, 0.717) is 5.56 Å². The Morgan fingerprint density at radius 2 is 1.59 bits per heavy atom. The first kappa shape index (κ1) is 11.0. The second-order valence-electron chi connectivity index (χ2n) is 3.61. The lowest BCUT2D eigenvalue weighted by atomic mass is 10.2. The van der Waals surface area contributed by atoms with Crippen molar-refractivity contribution in [2.45, 2.75) is 0 Å². The van der Waals surface area contributed by atoms with Crippen LogP contribution in [0.4, 0.5) is 17.1 Å². The van der Waals surface area contributed by atoms with Crippen LogP contribution in [0.15, 0.2) is 48.5 Å². The quantitative estimate of drug-likeness (QED) is 0.838. The molecule has 2 aromatic carbocycles. The summed E-state index contributed by atoms with van der Waals surface area (Å²) in [5.74, 6) is 0. The van der Waals surface area contributed by atoms with Crippen molar-refractivity contribution in [3.8, 4) is 6.07 Å². The van der Waals surface area contributed by atoms with Gasteiger partial charge in [0, 0.05) is 12.7 Å². The Bertz CT molecular complexity index is 538. The lowest BCUT2D eigenvalue weighted by molar-refractivity contribution is 1.46. The van der Waals surface area contributed by atoms with Crippen LogP contribution in [-0.4, -0.2) is 7.05 Å². The third-order valence-electron chi connectivity index (χ3n) is 2.49. The van der Waals surface area contributed by atoms with Crippen LogP contribution in [0.5, 0.6) is 0 Å². The van der Waals surface area contributed by atoms with Gasteiger partial charge in [0.1, 0.15) is 0 Å². The van der Waals surface area contributed by atoms with Crippen LogP contribution in [0, 0.1) is 11.3 Å². The molecule has 0 spiro atoms. The summed E-state index contributed by atoms with van der Waals surface area (Å²) in [4.78, 5) is 0. The van der Waals surface area contributed by atoms with Gasteiger partial charge in [0.05, 0.1) is 23.0 Å². The zero-order chi connectivity index (χ0) is 12.1. The number of hydrogen-bond donors (Lipinski definition) is 2. The van der Waals surface area contributed by atoms with E-state index in [0.717, 1.165) is 17.1 Å². The highest BCUT2D eigenvalue weighted by Gasteiger charge is 1.99. The standard InChI is InChI=1S/C14H13N3/c1-16-13-4-2-3-5-14(13)17-12-8-6-11(10-15)7-9-12/h2-9,16-17H,1H3. The predicted molar refractivity (Wildman–Crippen MR) is 70.4 cm³/mol. The normalized spacial score (nSPS) is 9.41. The summed E-state index contributed by atoms with van der Waals surface area (Å²) < 4.78 is 0. The molecule has 0 aliphatic rings. The van der Waals surface area contributed by atoms with E-state index in [1.807, 2.05) is 43.4 Å². The summed E-state index contributed by atoms with van der Waals surface area (Å²) in [5.41, 5.74) is 3.68. The first-order valence-electron chi connectivity index (χ1n) is 5.37. The molecule has 0 amide bonds. The Hall–Kier alpha value is -2.47. The molecule has 17 heavy (non-hydrogen) atoms. The number of anilines is 3. The van der Waals surface area contributed by atoms with Crippen molar-refractivity contribution in [3.05, 3.63) is 54.1 Å². The molecule has 0 aliphatic heterocycles. The van der Waals surface area contributed by atoms with Crippen molar-refractivity contribution in [3.63, 3.8) is 0 Å². The fourth-order valence-corrected chi connectivity index (χ4v) is 1.59. The molecule has 0 saturated heterocycles. The maximum Gasteiger partial charge on any atom is 0.0991 e. The van der Waals surface area contributed by atoms with E-state index < -0.39 is 0 Å². The van der Waals surface area contributed by atoms with Crippen LogP contribution in [0.25, 0.3) is 0 Å². The third-order valence-corrected chi connectivity index (χ3v) is 2.49. The topological polar surface area (TPSA) is 47.8 Å². The monoisotopic (exact) mass is 223 g/mol. The summed E-state index contributed by atoms with van der Waals surface area (Å²) in [5, 5.41) is 15.1. The minimum absolute atomic E-state index is 0.664. The third kappa shape index (κ3) is 2.56. The van der Waals surface area contributed by atoms with Gasteiger partial charge >= 0.3 is 0 Å². The summed E-state index contributed by atoms with van der Waals surface area (Å²) in [7, 11) is 1.89. The van der Waals surface area contributed by atoms with Gasteiger partial charge in [-0.15, -0.1) is 0 Å². The molecule has 0 unspecified atom stereocenters. The van der Waals surface area contributed by atoms with Crippen LogP contribution in [0.1, 0.15) is 5.56 Å². The average Bonchev–Trinajstić information content (AvgIpc) is 2.40. The fraction of sp³-hybridized carbons (Fsp3) is 0.0714. The first-order chi connectivity index (χ1) is 8.33. The van der Waals surface area contributed by atoms with E-state index in [-0.39, 0.29) is 0 Å². The predicted octanol–water partition coefficient (Wildman–Crippen LogP) is 3.34. The Balaban J connectivity index is 2.22. The molecule has 0 heterocycles. The number of nitrogens with zero attached hydrogens (tertiary/aromatic N) is 1. The molecule has 0 atom stereocenters. The van der Waals surface area contributed by atoms with Crippen molar-refractivity contribution < 1.29 is 0 Å². The Morgan fingerprint density at radius 1 is 0.941 bits per heavy atom. The van der Waals surface area contributed by atoms with Gasteiger partial charge in [-0.05, 0) is 36.4 Å². The molecule has 84 valence electrons. The van der Waals surface area contributed by atoms with E-state index in [1.165, 1.54) is 0 Å². The molecular formula is C14H13N3. The van der Waals surface area contributed by atoms with Gasteiger partial charge in [-0.1, -0.05) is 12.1 Å². The van der Waals surface area contributed by atoms with E-state index in [2.05, 4.69) is 16.7 Å². The molecule has 3 heteroatoms. The number of para-hydroxylation sites is 2. The van der Waals surface area contributed by atoms with Crippen molar-refractivity contribution in [2.75, 3.05) is 17.7 Å². The van der Waals surface area contributed by atoms with Crippen molar-refractivity contribution in [1.29, 1.82) is 5.26 Å². The number of rotatable bonds is 3. The largest absolute Gasteiger partial charge is 0.386 e. The maximum atomic E-state index is 8.72. The summed E-state index contributed by atoms with van der Waals surface area (Å²) in [6.45, 7) is 0. The van der Waals surface area contributed by atoms with Crippen LogP contribution >= 0.6 is 0 Å². The van der Waals surface area contributed by atoms with Gasteiger partial charge in [-0.3, -0.25) is 0 Å². The number of hydrogen-bond acceptors (Lipinski definition) is 3. The van der Waals surface area contributed by atoms with E-state index in [9.17, 15) is 0 Å². The second kappa shape index (κ2) is 5.04. The Morgan fingerprint density at radius 3 is 2.18 bits per heavy atom. The summed E-state index contributed by atoms with van der Waals surface area (Å²) in [6.07, 6.45) is 0. The van der Waals surface area contributed by atoms with E-state index in [4.69, 9.17) is 5.26 Å². The Labute approximate surface area is 101 Å². The molecule has 0 radical (unpaired) electrons. The summed E-state index contributed by atoms with van der Waals surface area (Å²) >= 11 is 0. The van der Waals surface area contributed by atoms with E-state index in [1.54, 1.807) is 12.1 Å².